The van der Waals surface area contributed by atoms with Crippen LogP contribution in [0.2, 0.25) is 20.1 Å². The highest BCUT2D eigenvalue weighted by atomic mass is 35.5. The Kier molecular flexibility index (Phi) is 40.4. The third kappa shape index (κ3) is 30.9. The molecule has 12 aromatic rings. The zero-order valence-corrected chi connectivity index (χ0v) is 76.9. The summed E-state index contributed by atoms with van der Waals surface area (Å²) >= 11 is 25.6. The number of carbonyl (C=O) groups is 10. The third-order valence-electron chi connectivity index (χ3n) is 20.7. The van der Waals surface area contributed by atoms with Gasteiger partial charge in [-0.15, -0.1) is 11.3 Å². The molecule has 674 valence electrons. The highest BCUT2D eigenvalue weighted by molar-refractivity contribution is 7.12. The van der Waals surface area contributed by atoms with Gasteiger partial charge in [-0.25, -0.2) is 5.48 Å². The number of ketones is 2. The minimum Gasteiger partial charge on any atom is -0.497 e. The van der Waals surface area contributed by atoms with Crippen molar-refractivity contribution in [1.29, 1.82) is 0 Å². The van der Waals surface area contributed by atoms with Crippen molar-refractivity contribution in [2.75, 3.05) is 30.4 Å². The molecule has 1 amide bonds. The Morgan fingerprint density at radius 2 is 0.907 bits per heavy atom. The molecular formula is C102H104Cl4N4O18S. The van der Waals surface area contributed by atoms with Crippen molar-refractivity contribution in [1.82, 2.24) is 10.0 Å². The van der Waals surface area contributed by atoms with E-state index in [-0.39, 0.29) is 42.1 Å². The minimum absolute atomic E-state index is 0.0282. The van der Waals surface area contributed by atoms with Crippen LogP contribution in [0.1, 0.15) is 189 Å². The maximum atomic E-state index is 13.0. The minimum atomic E-state index is -0.955. The zero-order valence-electron chi connectivity index (χ0n) is 73.0. The number of aromatic nitrogens is 1. The number of fused-ring (bicyclic) bond motifs is 1. The Labute approximate surface area is 774 Å². The highest BCUT2D eigenvalue weighted by Crippen LogP contribution is 2.36. The van der Waals surface area contributed by atoms with Gasteiger partial charge in [-0.3, -0.25) is 57.7 Å². The normalized spacial score (nSPS) is 12.2. The number of benzene rings is 10. The number of nitrogens with one attached hydrogen (secondary N) is 2. The summed E-state index contributed by atoms with van der Waals surface area (Å²) in [6, 6.07) is 71.6. The summed E-state index contributed by atoms with van der Waals surface area (Å²) < 4.78 is 6.77. The molecule has 0 saturated carbocycles. The molecular weight excluding hydrogens is 1740 g/mol. The number of anilines is 3. The molecule has 1 aliphatic heterocycles. The van der Waals surface area contributed by atoms with Crippen molar-refractivity contribution >= 4 is 145 Å². The molecule has 27 heteroatoms. The fourth-order valence-electron chi connectivity index (χ4n) is 13.2. The molecule has 0 radical (unpaired) electrons. The Morgan fingerprint density at radius 1 is 0.442 bits per heavy atom. The molecule has 0 spiro atoms. The van der Waals surface area contributed by atoms with Gasteiger partial charge in [0.1, 0.15) is 5.75 Å². The number of carbonyl (C=O) groups excluding carboxylic acids is 4. The van der Waals surface area contributed by atoms with Crippen molar-refractivity contribution in [3.8, 4) is 5.75 Å². The first-order chi connectivity index (χ1) is 61.3. The first-order valence-electron chi connectivity index (χ1n) is 41.1. The molecule has 0 bridgehead atoms. The van der Waals surface area contributed by atoms with Gasteiger partial charge in [0.2, 0.25) is 5.78 Å². The van der Waals surface area contributed by atoms with E-state index in [9.17, 15) is 53.1 Å². The number of nitrogens with zero attached hydrogens (tertiary/aromatic N) is 2. The number of hydrogen-bond donors (Lipinski definition) is 9. The second-order valence-electron chi connectivity index (χ2n) is 31.1. The van der Waals surface area contributed by atoms with Gasteiger partial charge in [-0.05, 0) is 207 Å². The van der Waals surface area contributed by atoms with Crippen LogP contribution in [0, 0.1) is 18.8 Å². The monoisotopic (exact) mass is 1840 g/mol. The molecule has 0 aliphatic carbocycles. The SMILES string of the molecule is CC(C(=O)O)c1ccc(C(=O)c2cccs2)cc1.CC(C(=O)O)c1ccc(N2CC=CC2)c(Cl)c1.CC(C(=O)O)c1cccc(C(=O)c2ccccc2)c1.CC(C)Cc1ccc(C(C)C(=O)NO)cc1.CC(C)Cc1ccc(C(C)C(=O)O)cc1.COc1ccc2c(c1)c(CC(=O)O)c(C)n2C(=O)c1ccc(Cl)cc1.O=C(O)Cc1ccccc1Nc1c(Cl)cccc1Cl. The van der Waals surface area contributed by atoms with Crippen LogP contribution in [0.15, 0.2) is 260 Å². The fourth-order valence-corrected chi connectivity index (χ4v) is 14.8. The molecule has 0 fully saturated rings. The summed E-state index contributed by atoms with van der Waals surface area (Å²) in [5.74, 6) is -6.54. The van der Waals surface area contributed by atoms with Gasteiger partial charge in [0.25, 0.3) is 11.8 Å². The van der Waals surface area contributed by atoms with Crippen LogP contribution in [0.3, 0.4) is 0 Å². The lowest BCUT2D eigenvalue weighted by atomic mass is 9.96. The van der Waals surface area contributed by atoms with Crippen LogP contribution in [0.5, 0.6) is 5.75 Å². The first kappa shape index (κ1) is 103. The summed E-state index contributed by atoms with van der Waals surface area (Å²) in [5, 5.41) is 70.1. The predicted molar refractivity (Wildman–Crippen MR) is 509 cm³/mol. The summed E-state index contributed by atoms with van der Waals surface area (Å²) in [6.07, 6.45) is 6.03. The van der Waals surface area contributed by atoms with E-state index >= 15 is 0 Å². The number of amides is 1. The van der Waals surface area contributed by atoms with E-state index < -0.39 is 59.5 Å². The van der Waals surface area contributed by atoms with E-state index in [2.05, 4.69) is 50.1 Å². The van der Waals surface area contributed by atoms with E-state index in [1.54, 1.807) is 218 Å². The van der Waals surface area contributed by atoms with Crippen molar-refractivity contribution < 1.29 is 88.5 Å². The van der Waals surface area contributed by atoms with Gasteiger partial charge in [0, 0.05) is 57.1 Å². The number of aliphatic carboxylic acids is 6. The Balaban J connectivity index is 0.000000207. The average molecular weight is 1850 g/mol. The maximum Gasteiger partial charge on any atom is 0.310 e. The number of ether oxygens (including phenoxy) is 1. The van der Waals surface area contributed by atoms with Crippen molar-refractivity contribution in [2.24, 2.45) is 11.8 Å². The molecule has 9 N–H and O–H groups in total. The Hall–Kier alpha value is -13.0. The van der Waals surface area contributed by atoms with E-state index in [4.69, 9.17) is 81.9 Å². The van der Waals surface area contributed by atoms with Crippen LogP contribution < -0.4 is 20.4 Å². The molecule has 3 heterocycles. The third-order valence-corrected chi connectivity index (χ3v) is 22.8. The smallest absolute Gasteiger partial charge is 0.310 e. The van der Waals surface area contributed by atoms with Crippen molar-refractivity contribution in [2.45, 2.75) is 125 Å². The van der Waals surface area contributed by atoms with Gasteiger partial charge in [0.05, 0.1) is 86.4 Å². The molecule has 5 atom stereocenters. The quantitative estimate of drug-likeness (QED) is 0.00999. The highest BCUT2D eigenvalue weighted by Gasteiger charge is 2.25. The summed E-state index contributed by atoms with van der Waals surface area (Å²) in [4.78, 5) is 117. The summed E-state index contributed by atoms with van der Waals surface area (Å²) in [5.41, 5.74) is 15.0. The molecule has 22 nitrogen and oxygen atoms in total. The number of rotatable bonds is 27. The molecule has 129 heavy (non-hydrogen) atoms. The van der Waals surface area contributed by atoms with Gasteiger partial charge >= 0.3 is 35.8 Å². The maximum absolute atomic E-state index is 13.0. The lowest BCUT2D eigenvalue weighted by molar-refractivity contribution is -0.139. The van der Waals surface area contributed by atoms with Gasteiger partial charge in [0.15, 0.2) is 5.78 Å². The number of hydroxylamine groups is 1. The molecule has 1 aliphatic rings. The van der Waals surface area contributed by atoms with Crippen LogP contribution in [-0.2, 0) is 59.2 Å². The van der Waals surface area contributed by atoms with Crippen LogP contribution in [0.25, 0.3) is 10.9 Å². The molecule has 10 aromatic carbocycles. The van der Waals surface area contributed by atoms with Crippen LogP contribution in [-0.4, -0.2) is 120 Å². The Bertz CT molecular complexity index is 5840. The Morgan fingerprint density at radius 3 is 1.40 bits per heavy atom. The average Bonchev–Trinajstić information content (AvgIpc) is 1.60. The van der Waals surface area contributed by atoms with Crippen LogP contribution in [0.4, 0.5) is 17.1 Å². The van der Waals surface area contributed by atoms with E-state index in [0.29, 0.717) is 115 Å². The van der Waals surface area contributed by atoms with E-state index in [1.807, 2.05) is 84.2 Å². The summed E-state index contributed by atoms with van der Waals surface area (Å²) in [6.45, 7) is 20.5. The number of para-hydroxylation sites is 2. The number of carboxylic acid groups (broad SMARTS) is 6. The van der Waals surface area contributed by atoms with Crippen molar-refractivity contribution in [3.05, 3.63) is 363 Å². The lowest BCUT2D eigenvalue weighted by Gasteiger charge is -2.20. The molecule has 13 rings (SSSR count). The number of methoxy groups -OCH3 is 1. The number of halogens is 4. The van der Waals surface area contributed by atoms with Crippen molar-refractivity contribution in [3.63, 3.8) is 0 Å². The first-order valence-corrected chi connectivity index (χ1v) is 43.5. The second-order valence-corrected chi connectivity index (χ2v) is 33.7. The largest absolute Gasteiger partial charge is 0.497 e. The second kappa shape index (κ2) is 50.5. The zero-order chi connectivity index (χ0) is 94.9. The van der Waals surface area contributed by atoms with Gasteiger partial charge in [-0.1, -0.05) is 244 Å². The number of thiophene rings is 1. The van der Waals surface area contributed by atoms with Gasteiger partial charge < -0.3 is 45.6 Å². The topological polar surface area (TPSA) is 354 Å². The van der Waals surface area contributed by atoms with E-state index in [1.165, 1.54) is 27.0 Å². The fraction of sp³-hybridized carbons (Fsp3) is 0.235. The number of carboxylic acids is 6. The summed E-state index contributed by atoms with van der Waals surface area (Å²) in [7, 11) is 1.54. The molecule has 2 aromatic heterocycles. The van der Waals surface area contributed by atoms with E-state index in [0.717, 1.165) is 48.3 Å². The molecule has 5 unspecified atom stereocenters. The molecule has 0 saturated heterocycles. The van der Waals surface area contributed by atoms with Crippen LogP contribution >= 0.6 is 57.7 Å². The standard InChI is InChI=1S/C19H16ClNO4.C16H14O3.C14H11Cl2NO2.C14H12O3S.C13H14ClNO2.C13H19NO2.C13H18O2/c1-11-15(10-18(22)23)16-9-14(25-2)7-8-17(16)21(11)19(24)12-3-5-13(20)6-4-12;1-11(16(18)19)13-8-5-9-14(10-13)15(17)12-6-3-2-4-7-12;15-10-5-3-6-11(16)14(10)17-12-7-2-1-4-9(12)8-13(18)19;1-9(14(16)17)10-4-6-11(7-5-10)13(15)12-3-2-8-18-12;1-9(13(16)17)10-4-5-12(11(14)8-10)15-6-2-3-7-15;1-9(2)8-11-4-6-12(7-5-11)10(3)13(15)14-16;1-9(2)8-11-4-6-12(7-5-11)10(3)13(14)15/h3-9H,10H2,1-2H3,(H,22,23);2-11H,1H3,(H,18,19);1-7,17H,8H2,(H,18,19);2-9H,1H3,(H,16,17);2-5,8-9H,6-7H2,1H3,(H,16,17);4-7,9-10,16H,8H2,1-3H3,(H,14,15);4-7,9-10H,8H2,1-3H3,(H,14,15). The lowest BCUT2D eigenvalue weighted by Crippen LogP contribution is -2.24. The number of hydrogen-bond acceptors (Lipinski definition) is 15. The predicted octanol–water partition coefficient (Wildman–Crippen LogP) is 23.0. The van der Waals surface area contributed by atoms with Gasteiger partial charge in [-0.2, -0.15) is 0 Å².